The Morgan fingerprint density at radius 3 is 1.59 bits per heavy atom. The molecule has 0 radical (unpaired) electrons. The third-order valence-electron chi connectivity index (χ3n) is 5.99. The van der Waals surface area contributed by atoms with E-state index in [0.717, 1.165) is 46.1 Å². The van der Waals surface area contributed by atoms with Crippen LogP contribution in [0.1, 0.15) is 49.3 Å². The summed E-state index contributed by atoms with van der Waals surface area (Å²) in [5.41, 5.74) is 3.20. The number of unbranched alkanes of at least 4 members (excludes halogenated alkanes) is 2. The van der Waals surface area contributed by atoms with Gasteiger partial charge in [0, 0.05) is 5.41 Å². The lowest BCUT2D eigenvalue weighted by molar-refractivity contribution is 0.310. The van der Waals surface area contributed by atoms with Gasteiger partial charge in [0.1, 0.15) is 11.5 Å². The van der Waals surface area contributed by atoms with E-state index < -0.39 is 0 Å². The summed E-state index contributed by atoms with van der Waals surface area (Å²) in [7, 11) is 0. The molecule has 2 nitrogen and oxygen atoms in total. The molecule has 0 aliphatic rings. The Balaban J connectivity index is 1.95. The fourth-order valence-corrected chi connectivity index (χ4v) is 4.94. The van der Waals surface area contributed by atoms with Crippen molar-refractivity contribution in [2.75, 3.05) is 13.2 Å². The van der Waals surface area contributed by atoms with Gasteiger partial charge in [-0.15, -0.1) is 13.2 Å². The highest BCUT2D eigenvalue weighted by Gasteiger charge is 2.32. The van der Waals surface area contributed by atoms with Crippen molar-refractivity contribution in [3.63, 3.8) is 0 Å². The predicted octanol–water partition coefficient (Wildman–Crippen LogP) is 9.26. The zero-order valence-electron chi connectivity index (χ0n) is 19.7. The van der Waals surface area contributed by atoms with Crippen molar-refractivity contribution < 1.29 is 9.47 Å². The number of benzene rings is 3. The van der Waals surface area contributed by atoms with Gasteiger partial charge in [-0.2, -0.15) is 0 Å². The summed E-state index contributed by atoms with van der Waals surface area (Å²) in [6, 6.07) is 23.4. The molecule has 0 spiro atoms. The van der Waals surface area contributed by atoms with E-state index in [1.807, 2.05) is 12.2 Å². The average molecular weight is 584 g/mol. The molecule has 0 saturated carbocycles. The van der Waals surface area contributed by atoms with Crippen LogP contribution in [0.25, 0.3) is 0 Å². The fraction of sp³-hybridized carbons (Fsp3) is 0.267. The maximum Gasteiger partial charge on any atom is 0.133 e. The van der Waals surface area contributed by atoms with Gasteiger partial charge in [-0.1, -0.05) is 54.6 Å². The number of allylic oxidation sites excluding steroid dienone is 2. The molecule has 3 aromatic carbocycles. The number of hydrogen-bond donors (Lipinski definition) is 0. The Morgan fingerprint density at radius 2 is 1.18 bits per heavy atom. The van der Waals surface area contributed by atoms with E-state index in [4.69, 9.17) is 9.47 Å². The number of halogens is 2. The van der Waals surface area contributed by atoms with E-state index in [-0.39, 0.29) is 5.41 Å². The molecule has 0 unspecified atom stereocenters. The van der Waals surface area contributed by atoms with Crippen LogP contribution in [0.3, 0.4) is 0 Å². The number of ether oxygens (including phenoxy) is 2. The maximum atomic E-state index is 5.98. The summed E-state index contributed by atoms with van der Waals surface area (Å²) in [5.74, 6) is 1.71. The van der Waals surface area contributed by atoms with Gasteiger partial charge in [-0.3, -0.25) is 0 Å². The van der Waals surface area contributed by atoms with Crippen molar-refractivity contribution in [1.29, 1.82) is 0 Å². The highest BCUT2D eigenvalue weighted by Crippen LogP contribution is 2.43. The second kappa shape index (κ2) is 13.0. The number of rotatable bonds is 13. The Kier molecular flexibility index (Phi) is 10.0. The first-order valence-corrected chi connectivity index (χ1v) is 13.2. The molecule has 4 heteroatoms. The third kappa shape index (κ3) is 6.43. The molecule has 0 N–H and O–H groups in total. The summed E-state index contributed by atoms with van der Waals surface area (Å²) in [5, 5.41) is 0. The summed E-state index contributed by atoms with van der Waals surface area (Å²) in [6.07, 6.45) is 7.64. The maximum absolute atomic E-state index is 5.98. The smallest absolute Gasteiger partial charge is 0.133 e. The molecular weight excluding hydrogens is 552 g/mol. The van der Waals surface area contributed by atoms with E-state index in [1.54, 1.807) is 0 Å². The molecule has 0 fully saturated rings. The lowest BCUT2D eigenvalue weighted by atomic mass is 9.71. The van der Waals surface area contributed by atoms with Crippen LogP contribution in [0.15, 0.2) is 101 Å². The lowest BCUT2D eigenvalue weighted by Crippen LogP contribution is -2.25. The third-order valence-corrected chi connectivity index (χ3v) is 7.23. The molecule has 0 bridgehead atoms. The van der Waals surface area contributed by atoms with Crippen LogP contribution < -0.4 is 9.47 Å². The van der Waals surface area contributed by atoms with Crippen LogP contribution in [-0.2, 0) is 5.41 Å². The van der Waals surface area contributed by atoms with Gasteiger partial charge in [0.2, 0.25) is 0 Å². The van der Waals surface area contributed by atoms with Crippen LogP contribution in [0, 0.1) is 0 Å². The monoisotopic (exact) mass is 582 g/mol. The Hall–Kier alpha value is -2.30. The number of hydrogen-bond acceptors (Lipinski definition) is 2. The van der Waals surface area contributed by atoms with Gasteiger partial charge in [0.15, 0.2) is 0 Å². The second-order valence-corrected chi connectivity index (χ2v) is 10.0. The fourth-order valence-electron chi connectivity index (χ4n) is 3.95. The van der Waals surface area contributed by atoms with Gasteiger partial charge in [-0.05, 0) is 105 Å². The highest BCUT2D eigenvalue weighted by atomic mass is 79.9. The average Bonchev–Trinajstić information content (AvgIpc) is 2.86. The quantitative estimate of drug-likeness (QED) is 0.113. The van der Waals surface area contributed by atoms with Crippen molar-refractivity contribution in [3.8, 4) is 11.5 Å². The van der Waals surface area contributed by atoms with E-state index in [1.165, 1.54) is 16.7 Å². The zero-order chi connectivity index (χ0) is 24.4. The van der Waals surface area contributed by atoms with Gasteiger partial charge in [-0.25, -0.2) is 0 Å². The summed E-state index contributed by atoms with van der Waals surface area (Å²) in [4.78, 5) is 0. The highest BCUT2D eigenvalue weighted by molar-refractivity contribution is 9.10. The molecule has 0 heterocycles. The van der Waals surface area contributed by atoms with Gasteiger partial charge in [0.25, 0.3) is 0 Å². The minimum atomic E-state index is -0.366. The second-order valence-electron chi connectivity index (χ2n) is 8.34. The molecular formula is C30H32Br2O2. The minimum absolute atomic E-state index is 0.366. The largest absolute Gasteiger partial charge is 0.492 e. The molecule has 34 heavy (non-hydrogen) atoms. The van der Waals surface area contributed by atoms with Crippen molar-refractivity contribution in [1.82, 2.24) is 0 Å². The normalized spacial score (nSPS) is 11.1. The van der Waals surface area contributed by atoms with E-state index in [9.17, 15) is 0 Å². The zero-order valence-corrected chi connectivity index (χ0v) is 22.9. The summed E-state index contributed by atoms with van der Waals surface area (Å²) >= 11 is 7.48. The molecule has 0 aliphatic heterocycles. The topological polar surface area (TPSA) is 18.5 Å². The van der Waals surface area contributed by atoms with Crippen LogP contribution >= 0.6 is 31.9 Å². The predicted molar refractivity (Wildman–Crippen MR) is 150 cm³/mol. The van der Waals surface area contributed by atoms with Crippen molar-refractivity contribution in [3.05, 3.63) is 118 Å². The van der Waals surface area contributed by atoms with Gasteiger partial charge in [0.05, 0.1) is 22.2 Å². The van der Waals surface area contributed by atoms with Gasteiger partial charge >= 0.3 is 0 Å². The van der Waals surface area contributed by atoms with Crippen LogP contribution in [-0.4, -0.2) is 13.2 Å². The van der Waals surface area contributed by atoms with Crippen molar-refractivity contribution in [2.45, 2.75) is 38.0 Å². The van der Waals surface area contributed by atoms with E-state index in [0.29, 0.717) is 13.2 Å². The van der Waals surface area contributed by atoms with Crippen LogP contribution in [0.2, 0.25) is 0 Å². The Bertz CT molecular complexity index is 1030. The molecule has 178 valence electrons. The van der Waals surface area contributed by atoms with Crippen molar-refractivity contribution >= 4 is 31.9 Å². The first kappa shape index (κ1) is 26.3. The summed E-state index contributed by atoms with van der Waals surface area (Å²) < 4.78 is 13.9. The molecule has 0 aromatic heterocycles. The molecule has 3 rings (SSSR count). The SMILES string of the molecule is C=CCCCOc1ccc(C(C)(c2ccccc2)c2ccc(OCCCC=C)c(Br)c2)cc1Br. The Morgan fingerprint density at radius 1 is 0.706 bits per heavy atom. The standard InChI is InChI=1S/C30H32Br2O2/c1-4-6-11-19-33-28-17-15-24(21-26(28)31)30(3,23-13-9-8-10-14-23)25-16-18-29(27(32)22-25)34-20-12-7-5-2/h4-5,8-10,13-18,21-22H,1-2,6-7,11-12,19-20H2,3H3. The molecule has 0 saturated heterocycles. The van der Waals surface area contributed by atoms with Gasteiger partial charge < -0.3 is 9.47 Å². The van der Waals surface area contributed by atoms with E-state index in [2.05, 4.69) is 119 Å². The van der Waals surface area contributed by atoms with Crippen LogP contribution in [0.4, 0.5) is 0 Å². The van der Waals surface area contributed by atoms with Crippen LogP contribution in [0.5, 0.6) is 11.5 Å². The summed E-state index contributed by atoms with van der Waals surface area (Å²) in [6.45, 7) is 11.1. The molecule has 3 aromatic rings. The minimum Gasteiger partial charge on any atom is -0.492 e. The molecule has 0 amide bonds. The first-order chi connectivity index (χ1) is 16.5. The Labute approximate surface area is 221 Å². The van der Waals surface area contributed by atoms with Crippen molar-refractivity contribution in [2.24, 2.45) is 0 Å². The first-order valence-electron chi connectivity index (χ1n) is 11.6. The van der Waals surface area contributed by atoms with E-state index >= 15 is 0 Å². The molecule has 0 atom stereocenters. The molecule has 0 aliphatic carbocycles. The lowest BCUT2D eigenvalue weighted by Gasteiger charge is -2.32.